The number of hydrogen-bond acceptors (Lipinski definition) is 5. The summed E-state index contributed by atoms with van der Waals surface area (Å²) in [6, 6.07) is 7.27. The highest BCUT2D eigenvalue weighted by Gasteiger charge is 1.99. The molecule has 118 valence electrons. The van der Waals surface area contributed by atoms with E-state index in [1.165, 1.54) is 6.42 Å². The molecule has 0 aliphatic rings. The Morgan fingerprint density at radius 3 is 2.38 bits per heavy atom. The van der Waals surface area contributed by atoms with Gasteiger partial charge in [-0.05, 0) is 43.2 Å². The fraction of sp³-hybridized carbons (Fsp3) is 0.467. The summed E-state index contributed by atoms with van der Waals surface area (Å²) in [6.07, 6.45) is 2.18. The van der Waals surface area contributed by atoms with Gasteiger partial charge >= 0.3 is 0 Å². The van der Waals surface area contributed by atoms with E-state index in [1.54, 1.807) is 24.6 Å². The number of carbonyl (C=O) groups excluding carboxylic acids is 1. The van der Waals surface area contributed by atoms with Crippen LogP contribution in [-0.2, 0) is 4.79 Å². The van der Waals surface area contributed by atoms with Crippen molar-refractivity contribution in [1.82, 2.24) is 5.59 Å². The van der Waals surface area contributed by atoms with Crippen molar-refractivity contribution in [1.29, 1.82) is 0 Å². The maximum Gasteiger partial charge on any atom is 0.217 e. The molecule has 0 bridgehead atoms. The number of nitrogens with one attached hydrogen (secondary N) is 1. The summed E-state index contributed by atoms with van der Waals surface area (Å²) in [6.45, 7) is 6.47. The molecule has 1 amide bonds. The number of amides is 1. The largest absolute Gasteiger partial charge is 0.494 e. The Morgan fingerprint density at radius 1 is 1.33 bits per heavy atom. The zero-order chi connectivity index (χ0) is 16.1. The number of hydrazone groups is 1. The molecule has 6 nitrogen and oxygen atoms in total. The molecule has 0 heterocycles. The number of rotatable bonds is 7. The van der Waals surface area contributed by atoms with Crippen LogP contribution in [0, 0.1) is 0 Å². The molecule has 0 aliphatic carbocycles. The van der Waals surface area contributed by atoms with Gasteiger partial charge in [0.25, 0.3) is 0 Å². The first-order valence-electron chi connectivity index (χ1n) is 7.00. The standard InChI is InChI=1S/C12H17N3O3.C3H8/c1-9(14-15-17)10-4-6-11(7-5-10)18-8-2-3-12(13)16;1-3-2/h4-7,15,17H,2-3,8H2,1H3,(H2,13,16);3H2,1-2H3/b14-9+;. The monoisotopic (exact) mass is 295 g/mol. The Labute approximate surface area is 126 Å². The van der Waals surface area contributed by atoms with Crippen molar-refractivity contribution in [3.05, 3.63) is 29.8 Å². The van der Waals surface area contributed by atoms with E-state index in [0.717, 1.165) is 5.56 Å². The number of hydrogen-bond donors (Lipinski definition) is 3. The number of ether oxygens (including phenoxy) is 1. The lowest BCUT2D eigenvalue weighted by atomic mass is 10.1. The topological polar surface area (TPSA) is 96.9 Å². The fourth-order valence-electron chi connectivity index (χ4n) is 1.37. The molecule has 4 N–H and O–H groups in total. The van der Waals surface area contributed by atoms with Gasteiger partial charge < -0.3 is 10.5 Å². The van der Waals surface area contributed by atoms with Crippen molar-refractivity contribution in [2.24, 2.45) is 10.8 Å². The normalized spacial score (nSPS) is 10.4. The van der Waals surface area contributed by atoms with E-state index in [2.05, 4.69) is 18.9 Å². The molecular formula is C15H25N3O3. The quantitative estimate of drug-likeness (QED) is 0.409. The molecule has 0 atom stereocenters. The minimum absolute atomic E-state index is 0.322. The number of nitrogens with zero attached hydrogens (tertiary/aromatic N) is 1. The second-order valence-corrected chi connectivity index (χ2v) is 4.45. The highest BCUT2D eigenvalue weighted by molar-refractivity contribution is 5.98. The molecule has 0 radical (unpaired) electrons. The molecule has 1 aromatic carbocycles. The van der Waals surface area contributed by atoms with Gasteiger partial charge in [0.2, 0.25) is 5.91 Å². The molecule has 0 aromatic heterocycles. The first-order valence-corrected chi connectivity index (χ1v) is 7.00. The summed E-state index contributed by atoms with van der Waals surface area (Å²) in [5, 5.41) is 12.1. The molecule has 0 fully saturated rings. The Kier molecular flexibility index (Phi) is 10.6. The molecule has 0 spiro atoms. The first kappa shape index (κ1) is 18.9. The van der Waals surface area contributed by atoms with Crippen LogP contribution in [0.25, 0.3) is 0 Å². The van der Waals surface area contributed by atoms with Crippen molar-refractivity contribution in [3.63, 3.8) is 0 Å². The van der Waals surface area contributed by atoms with Gasteiger partial charge in [0.05, 0.1) is 12.3 Å². The van der Waals surface area contributed by atoms with Crippen LogP contribution >= 0.6 is 0 Å². The van der Waals surface area contributed by atoms with Crippen LogP contribution in [0.4, 0.5) is 0 Å². The van der Waals surface area contributed by atoms with Crippen LogP contribution < -0.4 is 16.1 Å². The molecular weight excluding hydrogens is 270 g/mol. The number of carbonyl (C=O) groups is 1. The lowest BCUT2D eigenvalue weighted by Crippen LogP contribution is -2.11. The Hall–Kier alpha value is -2.08. The third kappa shape index (κ3) is 9.45. The second kappa shape index (κ2) is 11.7. The van der Waals surface area contributed by atoms with Crippen molar-refractivity contribution < 1.29 is 14.7 Å². The van der Waals surface area contributed by atoms with E-state index < -0.39 is 0 Å². The highest BCUT2D eigenvalue weighted by Crippen LogP contribution is 2.13. The summed E-state index contributed by atoms with van der Waals surface area (Å²) in [4.78, 5) is 10.5. The maximum atomic E-state index is 10.5. The molecule has 1 aromatic rings. The Bertz CT molecular complexity index is 430. The molecule has 0 saturated heterocycles. The predicted octanol–water partition coefficient (Wildman–Crippen LogP) is 2.45. The SMILES string of the molecule is C/C(=N\NO)c1ccc(OCCCC(N)=O)cc1.CCC. The van der Waals surface area contributed by atoms with Gasteiger partial charge in [-0.15, -0.1) is 0 Å². The number of benzene rings is 1. The number of primary amides is 1. The van der Waals surface area contributed by atoms with Gasteiger partial charge in [0.15, 0.2) is 0 Å². The summed E-state index contributed by atoms with van der Waals surface area (Å²) >= 11 is 0. The van der Waals surface area contributed by atoms with E-state index in [4.69, 9.17) is 15.7 Å². The molecule has 0 unspecified atom stereocenters. The Balaban J connectivity index is 0.00000122. The van der Waals surface area contributed by atoms with Crippen LogP contribution in [0.5, 0.6) is 5.75 Å². The van der Waals surface area contributed by atoms with E-state index in [-0.39, 0.29) is 5.91 Å². The molecule has 0 saturated carbocycles. The smallest absolute Gasteiger partial charge is 0.217 e. The van der Waals surface area contributed by atoms with Crippen LogP contribution in [0.15, 0.2) is 29.4 Å². The van der Waals surface area contributed by atoms with Gasteiger partial charge in [-0.2, -0.15) is 10.7 Å². The minimum atomic E-state index is -0.322. The van der Waals surface area contributed by atoms with Crippen molar-refractivity contribution in [2.75, 3.05) is 6.61 Å². The van der Waals surface area contributed by atoms with E-state index >= 15 is 0 Å². The van der Waals surface area contributed by atoms with Crippen LogP contribution in [-0.4, -0.2) is 23.4 Å². The average Bonchev–Trinajstić information content (AvgIpc) is 2.45. The Morgan fingerprint density at radius 2 is 1.90 bits per heavy atom. The predicted molar refractivity (Wildman–Crippen MR) is 83.5 cm³/mol. The van der Waals surface area contributed by atoms with Crippen LogP contribution in [0.1, 0.15) is 45.6 Å². The average molecular weight is 295 g/mol. The van der Waals surface area contributed by atoms with Gasteiger partial charge in [0.1, 0.15) is 5.75 Å². The second-order valence-electron chi connectivity index (χ2n) is 4.45. The first-order chi connectivity index (χ1) is 10.0. The zero-order valence-corrected chi connectivity index (χ0v) is 12.9. The van der Waals surface area contributed by atoms with Gasteiger partial charge in [-0.25, -0.2) is 0 Å². The lowest BCUT2D eigenvalue weighted by Gasteiger charge is -2.06. The van der Waals surface area contributed by atoms with E-state index in [9.17, 15) is 4.79 Å². The van der Waals surface area contributed by atoms with Crippen LogP contribution in [0.2, 0.25) is 0 Å². The summed E-state index contributed by atoms with van der Waals surface area (Å²) in [5.74, 6) is 0.394. The summed E-state index contributed by atoms with van der Waals surface area (Å²) in [7, 11) is 0. The van der Waals surface area contributed by atoms with Gasteiger partial charge in [0, 0.05) is 6.42 Å². The van der Waals surface area contributed by atoms with Crippen molar-refractivity contribution in [2.45, 2.75) is 40.0 Å². The minimum Gasteiger partial charge on any atom is -0.494 e. The van der Waals surface area contributed by atoms with Gasteiger partial charge in [-0.3, -0.25) is 10.0 Å². The lowest BCUT2D eigenvalue weighted by molar-refractivity contribution is -0.118. The fourth-order valence-corrected chi connectivity index (χ4v) is 1.37. The third-order valence-corrected chi connectivity index (χ3v) is 2.33. The van der Waals surface area contributed by atoms with Gasteiger partial charge in [-0.1, -0.05) is 20.3 Å². The van der Waals surface area contributed by atoms with Crippen molar-refractivity contribution >= 4 is 11.6 Å². The van der Waals surface area contributed by atoms with E-state index in [1.807, 2.05) is 12.1 Å². The van der Waals surface area contributed by atoms with Crippen LogP contribution in [0.3, 0.4) is 0 Å². The molecule has 21 heavy (non-hydrogen) atoms. The maximum absolute atomic E-state index is 10.5. The summed E-state index contributed by atoms with van der Waals surface area (Å²) < 4.78 is 5.44. The molecule has 1 rings (SSSR count). The number of nitrogens with two attached hydrogens (primary N) is 1. The molecule has 0 aliphatic heterocycles. The van der Waals surface area contributed by atoms with Crippen molar-refractivity contribution in [3.8, 4) is 5.75 Å². The zero-order valence-electron chi connectivity index (χ0n) is 12.9. The van der Waals surface area contributed by atoms with E-state index in [0.29, 0.717) is 30.9 Å². The highest BCUT2D eigenvalue weighted by atomic mass is 16.5. The molecule has 6 heteroatoms. The summed E-state index contributed by atoms with van der Waals surface area (Å²) in [5.41, 5.74) is 8.31. The third-order valence-electron chi connectivity index (χ3n) is 2.33.